The number of hydrogen-bond donors (Lipinski definition) is 1. The van der Waals surface area contributed by atoms with Gasteiger partial charge in [0.2, 0.25) is 10.0 Å². The normalized spacial score (nSPS) is 24.4. The third kappa shape index (κ3) is 3.45. The molecule has 0 aliphatic carbocycles. The molecule has 1 N–H and O–H groups in total. The molecule has 1 heterocycles. The van der Waals surface area contributed by atoms with Crippen LogP contribution in [0.15, 0.2) is 29.2 Å². The first-order valence-electron chi connectivity index (χ1n) is 7.20. The lowest BCUT2D eigenvalue weighted by atomic mass is 10.0. The number of benzene rings is 1. The minimum atomic E-state index is -3.55. The van der Waals surface area contributed by atoms with E-state index in [1.807, 2.05) is 19.1 Å². The lowest BCUT2D eigenvalue weighted by Gasteiger charge is -2.36. The summed E-state index contributed by atoms with van der Waals surface area (Å²) in [7, 11) is -3.55. The number of hydrogen-bond acceptors (Lipinski definition) is 4. The second kappa shape index (κ2) is 6.44. The van der Waals surface area contributed by atoms with Crippen molar-refractivity contribution >= 4 is 10.0 Å². The molecule has 1 aliphatic rings. The highest BCUT2D eigenvalue weighted by Gasteiger charge is 2.35. The van der Waals surface area contributed by atoms with Crippen molar-refractivity contribution < 1.29 is 18.3 Å². The van der Waals surface area contributed by atoms with Gasteiger partial charge in [-0.1, -0.05) is 26.0 Å². The fourth-order valence-electron chi connectivity index (χ4n) is 2.40. The number of morpholine rings is 1. The Hall–Kier alpha value is -0.950. The molecule has 0 aromatic heterocycles. The molecule has 1 aliphatic heterocycles. The molecule has 21 heavy (non-hydrogen) atoms. The average molecular weight is 313 g/mol. The van der Waals surface area contributed by atoms with Crippen LogP contribution in [0.25, 0.3) is 0 Å². The molecule has 0 saturated carbocycles. The Balaban J connectivity index is 2.27. The van der Waals surface area contributed by atoms with Crippen molar-refractivity contribution in [1.82, 2.24) is 4.31 Å². The molecular weight excluding hydrogens is 290 g/mol. The number of aliphatic hydroxyl groups excluding tert-OH is 1. The number of sulfonamides is 1. The minimum Gasteiger partial charge on any atom is -0.394 e. The van der Waals surface area contributed by atoms with Gasteiger partial charge in [-0.15, -0.1) is 0 Å². The molecule has 2 unspecified atom stereocenters. The molecule has 0 spiro atoms. The van der Waals surface area contributed by atoms with Crippen LogP contribution < -0.4 is 0 Å². The van der Waals surface area contributed by atoms with Crippen LogP contribution in [-0.2, 0) is 14.8 Å². The Morgan fingerprint density at radius 2 is 1.95 bits per heavy atom. The predicted octanol–water partition coefficient (Wildman–Crippen LogP) is 1.58. The number of aliphatic hydroxyl groups is 1. The van der Waals surface area contributed by atoms with Crippen LogP contribution in [0, 0.1) is 0 Å². The van der Waals surface area contributed by atoms with Crippen LogP contribution in [0.1, 0.15) is 32.3 Å². The van der Waals surface area contributed by atoms with E-state index in [4.69, 9.17) is 4.74 Å². The second-order valence-electron chi connectivity index (χ2n) is 5.79. The lowest BCUT2D eigenvalue weighted by Crippen LogP contribution is -2.51. The standard InChI is InChI=1S/C15H23NO4S/c1-11(2)13-4-6-15(7-5-13)21(18,19)16-8-14(9-17)20-10-12(16)3/h4-7,11-12,14,17H,8-10H2,1-3H3. The van der Waals surface area contributed by atoms with E-state index in [2.05, 4.69) is 13.8 Å². The van der Waals surface area contributed by atoms with Gasteiger partial charge in [-0.3, -0.25) is 0 Å². The molecule has 0 bridgehead atoms. The first kappa shape index (κ1) is 16.4. The van der Waals surface area contributed by atoms with E-state index in [-0.39, 0.29) is 24.1 Å². The minimum absolute atomic E-state index is 0.176. The van der Waals surface area contributed by atoms with Gasteiger partial charge in [0.05, 0.1) is 24.2 Å². The monoisotopic (exact) mass is 313 g/mol. The van der Waals surface area contributed by atoms with E-state index in [0.717, 1.165) is 5.56 Å². The zero-order valence-corrected chi connectivity index (χ0v) is 13.5. The highest BCUT2D eigenvalue weighted by atomic mass is 32.2. The van der Waals surface area contributed by atoms with Crippen LogP contribution in [0.2, 0.25) is 0 Å². The van der Waals surface area contributed by atoms with E-state index >= 15 is 0 Å². The van der Waals surface area contributed by atoms with Crippen molar-refractivity contribution in [2.24, 2.45) is 0 Å². The van der Waals surface area contributed by atoms with Crippen LogP contribution >= 0.6 is 0 Å². The molecule has 1 saturated heterocycles. The highest BCUT2D eigenvalue weighted by molar-refractivity contribution is 7.89. The average Bonchev–Trinajstić information content (AvgIpc) is 2.47. The molecule has 1 fully saturated rings. The highest BCUT2D eigenvalue weighted by Crippen LogP contribution is 2.24. The summed E-state index contributed by atoms with van der Waals surface area (Å²) in [5.74, 6) is 0.364. The Morgan fingerprint density at radius 1 is 1.33 bits per heavy atom. The molecule has 2 rings (SSSR count). The Bertz CT molecular complexity index is 568. The second-order valence-corrected chi connectivity index (χ2v) is 7.68. The van der Waals surface area contributed by atoms with E-state index in [1.165, 1.54) is 4.31 Å². The Labute approximate surface area is 126 Å². The van der Waals surface area contributed by atoms with Crippen molar-refractivity contribution in [1.29, 1.82) is 0 Å². The van der Waals surface area contributed by atoms with Gasteiger partial charge in [-0.2, -0.15) is 4.31 Å². The van der Waals surface area contributed by atoms with Gasteiger partial charge in [0.25, 0.3) is 0 Å². The summed E-state index contributed by atoms with van der Waals surface area (Å²) in [4.78, 5) is 0.289. The van der Waals surface area contributed by atoms with Crippen LogP contribution in [0.3, 0.4) is 0 Å². The molecule has 5 nitrogen and oxygen atoms in total. The largest absolute Gasteiger partial charge is 0.394 e. The first-order chi connectivity index (χ1) is 9.86. The SMILES string of the molecule is CC(C)c1ccc(S(=O)(=O)N2CC(CO)OCC2C)cc1. The van der Waals surface area contributed by atoms with Gasteiger partial charge >= 0.3 is 0 Å². The lowest BCUT2D eigenvalue weighted by molar-refractivity contribution is -0.0516. The molecule has 0 radical (unpaired) electrons. The van der Waals surface area contributed by atoms with Gasteiger partial charge in [0, 0.05) is 12.6 Å². The summed E-state index contributed by atoms with van der Waals surface area (Å²) in [5, 5.41) is 9.18. The summed E-state index contributed by atoms with van der Waals surface area (Å²) >= 11 is 0. The van der Waals surface area contributed by atoms with Crippen molar-refractivity contribution in [3.8, 4) is 0 Å². The van der Waals surface area contributed by atoms with Gasteiger partial charge < -0.3 is 9.84 Å². The zero-order chi connectivity index (χ0) is 15.6. The fraction of sp³-hybridized carbons (Fsp3) is 0.600. The summed E-state index contributed by atoms with van der Waals surface area (Å²) in [6.07, 6.45) is -0.453. The smallest absolute Gasteiger partial charge is 0.243 e. The molecule has 0 amide bonds. The molecular formula is C15H23NO4S. The molecule has 1 aromatic carbocycles. The maximum absolute atomic E-state index is 12.7. The van der Waals surface area contributed by atoms with E-state index in [0.29, 0.717) is 12.5 Å². The van der Waals surface area contributed by atoms with E-state index in [1.54, 1.807) is 12.1 Å². The molecule has 118 valence electrons. The van der Waals surface area contributed by atoms with Crippen molar-refractivity contribution in [2.75, 3.05) is 19.8 Å². The van der Waals surface area contributed by atoms with Crippen LogP contribution in [-0.4, -0.2) is 49.7 Å². The predicted molar refractivity (Wildman–Crippen MR) is 80.7 cm³/mol. The maximum Gasteiger partial charge on any atom is 0.243 e. The quantitative estimate of drug-likeness (QED) is 0.916. The topological polar surface area (TPSA) is 66.8 Å². The van der Waals surface area contributed by atoms with Crippen molar-refractivity contribution in [3.05, 3.63) is 29.8 Å². The Kier molecular flexibility index (Phi) is 5.03. The third-order valence-electron chi connectivity index (χ3n) is 3.81. The van der Waals surface area contributed by atoms with Crippen molar-refractivity contribution in [2.45, 2.75) is 43.7 Å². The first-order valence-corrected chi connectivity index (χ1v) is 8.64. The molecule has 2 atom stereocenters. The summed E-state index contributed by atoms with van der Waals surface area (Å²) in [6, 6.07) is 6.78. The van der Waals surface area contributed by atoms with Crippen LogP contribution in [0.5, 0.6) is 0 Å². The fourth-order valence-corrected chi connectivity index (χ4v) is 4.05. The molecule has 1 aromatic rings. The third-order valence-corrected chi connectivity index (χ3v) is 5.80. The van der Waals surface area contributed by atoms with E-state index in [9.17, 15) is 13.5 Å². The van der Waals surface area contributed by atoms with Gasteiger partial charge in [0.15, 0.2) is 0 Å². The van der Waals surface area contributed by atoms with Gasteiger partial charge in [-0.05, 0) is 30.5 Å². The zero-order valence-electron chi connectivity index (χ0n) is 12.7. The number of rotatable bonds is 4. The molecule has 6 heteroatoms. The maximum atomic E-state index is 12.7. The van der Waals surface area contributed by atoms with Gasteiger partial charge in [-0.25, -0.2) is 8.42 Å². The number of ether oxygens (including phenoxy) is 1. The van der Waals surface area contributed by atoms with Crippen molar-refractivity contribution in [3.63, 3.8) is 0 Å². The van der Waals surface area contributed by atoms with Gasteiger partial charge in [0.1, 0.15) is 0 Å². The summed E-state index contributed by atoms with van der Waals surface area (Å²) in [6.45, 7) is 6.26. The Morgan fingerprint density at radius 3 is 2.48 bits per heavy atom. The summed E-state index contributed by atoms with van der Waals surface area (Å²) in [5.41, 5.74) is 1.11. The van der Waals surface area contributed by atoms with E-state index < -0.39 is 16.1 Å². The summed E-state index contributed by atoms with van der Waals surface area (Å²) < 4.78 is 32.3. The van der Waals surface area contributed by atoms with Crippen LogP contribution in [0.4, 0.5) is 0 Å². The number of nitrogens with zero attached hydrogens (tertiary/aromatic N) is 1.